The smallest absolute Gasteiger partial charge is 0.237 e. The lowest BCUT2D eigenvalue weighted by Gasteiger charge is -2.26. The normalized spacial score (nSPS) is 14.5. The summed E-state index contributed by atoms with van der Waals surface area (Å²) in [6, 6.07) is 1.82. The van der Waals surface area contributed by atoms with Gasteiger partial charge >= 0.3 is 0 Å². The molecule has 2 rings (SSSR count). The Hall–Kier alpha value is -1.71. The Balaban J connectivity index is 2.45. The molecule has 0 radical (unpaired) electrons. The van der Waals surface area contributed by atoms with Crippen LogP contribution in [0.1, 0.15) is 5.56 Å². The molecule has 1 N–H and O–H groups in total. The number of likely N-dealkylation sites (N-methyl/N-ethyl adjacent to an activating group) is 1. The summed E-state index contributed by atoms with van der Waals surface area (Å²) >= 11 is 0. The van der Waals surface area contributed by atoms with Crippen LogP contribution in [0.2, 0.25) is 0 Å². The second kappa shape index (κ2) is 3.21. The van der Waals surface area contributed by atoms with Gasteiger partial charge in [-0.3, -0.25) is 0 Å². The molecule has 14 heavy (non-hydrogen) atoms. The number of hydrogen-bond donors (Lipinski definition) is 1. The van der Waals surface area contributed by atoms with E-state index in [1.54, 1.807) is 6.20 Å². The van der Waals surface area contributed by atoms with E-state index in [2.05, 4.69) is 11.6 Å². The van der Waals surface area contributed by atoms with Gasteiger partial charge in [-0.25, -0.2) is 4.98 Å². The van der Waals surface area contributed by atoms with Crippen LogP contribution in [0.5, 0.6) is 5.88 Å². The number of ether oxygens (including phenoxy) is 1. The predicted molar refractivity (Wildman–Crippen MR) is 54.7 cm³/mol. The first-order chi connectivity index (χ1) is 6.68. The second-order valence-electron chi connectivity index (χ2n) is 3.26. The number of aliphatic hydroxyl groups is 1. The molecule has 0 amide bonds. The zero-order chi connectivity index (χ0) is 10.1. The van der Waals surface area contributed by atoms with E-state index in [-0.39, 0.29) is 5.76 Å². The van der Waals surface area contributed by atoms with Gasteiger partial charge in [0.1, 0.15) is 18.1 Å². The molecule has 0 saturated carbocycles. The van der Waals surface area contributed by atoms with Crippen LogP contribution in [0.4, 0.5) is 5.69 Å². The molecule has 1 aliphatic rings. The topological polar surface area (TPSA) is 45.6 Å². The highest BCUT2D eigenvalue weighted by atomic mass is 16.5. The molecule has 0 aliphatic carbocycles. The van der Waals surface area contributed by atoms with Crippen molar-refractivity contribution in [3.8, 4) is 5.88 Å². The van der Waals surface area contributed by atoms with E-state index in [4.69, 9.17) is 4.74 Å². The van der Waals surface area contributed by atoms with E-state index < -0.39 is 0 Å². The van der Waals surface area contributed by atoms with Crippen molar-refractivity contribution in [2.24, 2.45) is 0 Å². The number of pyridine rings is 1. The highest BCUT2D eigenvalue weighted by Gasteiger charge is 2.16. The lowest BCUT2D eigenvalue weighted by Crippen LogP contribution is -2.29. The maximum absolute atomic E-state index is 9.22. The largest absolute Gasteiger partial charge is 0.508 e. The van der Waals surface area contributed by atoms with Crippen molar-refractivity contribution in [3.05, 3.63) is 24.4 Å². The van der Waals surface area contributed by atoms with Crippen LogP contribution in [0, 0.1) is 0 Å². The fraction of sp³-hybridized carbons (Fsp3) is 0.300. The van der Waals surface area contributed by atoms with Crippen LogP contribution in [0.3, 0.4) is 0 Å². The minimum Gasteiger partial charge on any atom is -0.508 e. The third kappa shape index (κ3) is 1.39. The van der Waals surface area contributed by atoms with Gasteiger partial charge in [-0.1, -0.05) is 6.58 Å². The number of aliphatic hydroxyl groups excluding tert-OH is 1. The summed E-state index contributed by atoms with van der Waals surface area (Å²) in [6.45, 7) is 4.93. The molecule has 0 unspecified atom stereocenters. The van der Waals surface area contributed by atoms with Crippen molar-refractivity contribution in [2.45, 2.75) is 0 Å². The van der Waals surface area contributed by atoms with E-state index in [0.29, 0.717) is 18.1 Å². The van der Waals surface area contributed by atoms with Crippen molar-refractivity contribution >= 4 is 11.4 Å². The molecule has 1 aromatic heterocycles. The van der Waals surface area contributed by atoms with Gasteiger partial charge in [-0.05, 0) is 6.07 Å². The Kier molecular flexibility index (Phi) is 2.04. The van der Waals surface area contributed by atoms with Crippen molar-refractivity contribution in [2.75, 3.05) is 25.1 Å². The maximum Gasteiger partial charge on any atom is 0.237 e. The molecule has 2 heterocycles. The minimum absolute atomic E-state index is 0.0271. The van der Waals surface area contributed by atoms with Gasteiger partial charge in [0, 0.05) is 18.8 Å². The molecule has 0 saturated heterocycles. The van der Waals surface area contributed by atoms with Crippen LogP contribution in [-0.4, -0.2) is 30.3 Å². The van der Waals surface area contributed by atoms with E-state index in [9.17, 15) is 5.11 Å². The number of hydrogen-bond acceptors (Lipinski definition) is 4. The van der Waals surface area contributed by atoms with Gasteiger partial charge in [-0.15, -0.1) is 0 Å². The van der Waals surface area contributed by atoms with Gasteiger partial charge in [0.2, 0.25) is 5.88 Å². The average Bonchev–Trinajstić information content (AvgIpc) is 2.18. The average molecular weight is 192 g/mol. The van der Waals surface area contributed by atoms with Crippen molar-refractivity contribution < 1.29 is 9.84 Å². The molecule has 1 aromatic rings. The quantitative estimate of drug-likeness (QED) is 0.684. The summed E-state index contributed by atoms with van der Waals surface area (Å²) in [5, 5.41) is 9.22. The number of fused-ring (bicyclic) bond motifs is 1. The molecule has 0 spiro atoms. The molecule has 0 atom stereocenters. The number of anilines is 1. The summed E-state index contributed by atoms with van der Waals surface area (Å²) in [5.74, 6) is 0.642. The van der Waals surface area contributed by atoms with Crippen molar-refractivity contribution in [1.82, 2.24) is 4.98 Å². The van der Waals surface area contributed by atoms with Crippen LogP contribution in [-0.2, 0) is 0 Å². The first kappa shape index (κ1) is 8.87. The van der Waals surface area contributed by atoms with Gasteiger partial charge in [-0.2, -0.15) is 0 Å². The molecular weight excluding hydrogens is 180 g/mol. The Morgan fingerprint density at radius 1 is 1.71 bits per heavy atom. The molecule has 4 nitrogen and oxygen atoms in total. The summed E-state index contributed by atoms with van der Waals surface area (Å²) in [6.07, 6.45) is 1.56. The first-order valence-corrected chi connectivity index (χ1v) is 4.40. The number of nitrogens with zero attached hydrogens (tertiary/aromatic N) is 2. The Morgan fingerprint density at radius 3 is 3.21 bits per heavy atom. The molecular formula is C10H12N2O2. The monoisotopic (exact) mass is 192 g/mol. The zero-order valence-electron chi connectivity index (χ0n) is 8.03. The molecule has 74 valence electrons. The van der Waals surface area contributed by atoms with Crippen molar-refractivity contribution in [1.29, 1.82) is 0 Å². The Bertz CT molecular complexity index is 376. The Morgan fingerprint density at radius 2 is 2.50 bits per heavy atom. The van der Waals surface area contributed by atoms with Gasteiger partial charge < -0.3 is 14.7 Å². The zero-order valence-corrected chi connectivity index (χ0v) is 8.03. The number of aromatic nitrogens is 1. The van der Waals surface area contributed by atoms with Crippen LogP contribution < -0.4 is 9.64 Å². The third-order valence-electron chi connectivity index (χ3n) is 2.24. The van der Waals surface area contributed by atoms with Gasteiger partial charge in [0.05, 0.1) is 6.54 Å². The van der Waals surface area contributed by atoms with Crippen molar-refractivity contribution in [3.63, 3.8) is 0 Å². The van der Waals surface area contributed by atoms with Crippen LogP contribution >= 0.6 is 0 Å². The SMILES string of the molecule is C=C(O)c1cnc2c(c1)N(C)CCO2. The number of rotatable bonds is 1. The Labute approximate surface area is 82.4 Å². The molecule has 0 aromatic carbocycles. The highest BCUT2D eigenvalue weighted by Crippen LogP contribution is 2.29. The predicted octanol–water partition coefficient (Wildman–Crippen LogP) is 1.44. The highest BCUT2D eigenvalue weighted by molar-refractivity contribution is 5.65. The minimum atomic E-state index is 0.0271. The van der Waals surface area contributed by atoms with Crippen LogP contribution in [0.25, 0.3) is 5.76 Å². The lowest BCUT2D eigenvalue weighted by molar-refractivity contribution is 0.298. The summed E-state index contributed by atoms with van der Waals surface area (Å²) in [4.78, 5) is 6.15. The fourth-order valence-electron chi connectivity index (χ4n) is 1.38. The fourth-order valence-corrected chi connectivity index (χ4v) is 1.38. The third-order valence-corrected chi connectivity index (χ3v) is 2.24. The standard InChI is InChI=1S/C10H12N2O2/c1-7(13)8-5-9-10(11-6-8)14-4-3-12(9)2/h5-6,13H,1,3-4H2,2H3. The van der Waals surface area contributed by atoms with E-state index in [1.807, 2.05) is 18.0 Å². The summed E-state index contributed by atoms with van der Waals surface area (Å²) in [5.41, 5.74) is 1.52. The first-order valence-electron chi connectivity index (χ1n) is 4.40. The molecule has 0 bridgehead atoms. The summed E-state index contributed by atoms with van der Waals surface area (Å²) in [7, 11) is 1.97. The van der Waals surface area contributed by atoms with Gasteiger partial charge in [0.15, 0.2) is 0 Å². The molecule has 1 aliphatic heterocycles. The van der Waals surface area contributed by atoms with Gasteiger partial charge in [0.25, 0.3) is 0 Å². The van der Waals surface area contributed by atoms with E-state index in [1.165, 1.54) is 0 Å². The van der Waals surface area contributed by atoms with Crippen LogP contribution in [0.15, 0.2) is 18.8 Å². The lowest BCUT2D eigenvalue weighted by atomic mass is 10.2. The van der Waals surface area contributed by atoms with E-state index in [0.717, 1.165) is 12.2 Å². The van der Waals surface area contributed by atoms with E-state index >= 15 is 0 Å². The second-order valence-corrected chi connectivity index (χ2v) is 3.26. The summed E-state index contributed by atoms with van der Waals surface area (Å²) < 4.78 is 5.36. The maximum atomic E-state index is 9.22. The molecule has 4 heteroatoms. The molecule has 0 fully saturated rings.